The Kier molecular flexibility index (Phi) is 3.50. The molecule has 3 rings (SSSR count). The Morgan fingerprint density at radius 1 is 0.941 bits per heavy atom. The van der Waals surface area contributed by atoms with E-state index in [2.05, 4.69) is 25.9 Å². The number of nitrogens with zero attached hydrogens (tertiary/aromatic N) is 1. The van der Waals surface area contributed by atoms with Gasteiger partial charge in [-0.25, -0.2) is 4.98 Å². The number of fused-ring (bicyclic) bond motifs is 1. The normalized spacial score (nSPS) is 10.2. The predicted molar refractivity (Wildman–Crippen MR) is 76.5 cm³/mol. The fourth-order valence-corrected chi connectivity index (χ4v) is 1.96. The molecule has 0 unspecified atom stereocenters. The highest BCUT2D eigenvalue weighted by atomic mass is 79.9. The number of benzene rings is 2. The number of halogens is 2. The second-order valence-electron chi connectivity index (χ2n) is 3.61. The smallest absolute Gasteiger partial charge is 0.138 e. The van der Waals surface area contributed by atoms with Crippen LogP contribution in [-0.4, -0.2) is 9.97 Å². The first-order chi connectivity index (χ1) is 7.83. The minimum absolute atomic E-state index is 0. The minimum Gasteiger partial charge on any atom is -0.338 e. The highest BCUT2D eigenvalue weighted by molar-refractivity contribution is 9.10. The average Bonchev–Trinajstić information content (AvgIpc) is 2.73. The van der Waals surface area contributed by atoms with Gasteiger partial charge in [-0.05, 0) is 24.3 Å². The van der Waals surface area contributed by atoms with Crippen LogP contribution in [0.15, 0.2) is 53.0 Å². The first kappa shape index (κ1) is 12.1. The first-order valence-electron chi connectivity index (χ1n) is 5.03. The van der Waals surface area contributed by atoms with E-state index in [9.17, 15) is 0 Å². The van der Waals surface area contributed by atoms with Crippen molar-refractivity contribution in [2.45, 2.75) is 0 Å². The second-order valence-corrected chi connectivity index (χ2v) is 4.53. The zero-order valence-corrected chi connectivity index (χ0v) is 11.3. The third-order valence-electron chi connectivity index (χ3n) is 2.51. The molecule has 0 aliphatic rings. The van der Waals surface area contributed by atoms with E-state index in [4.69, 9.17) is 0 Å². The zero-order valence-electron chi connectivity index (χ0n) is 8.85. The van der Waals surface area contributed by atoms with Gasteiger partial charge in [0.25, 0.3) is 0 Å². The number of aromatic amines is 1. The van der Waals surface area contributed by atoms with E-state index in [1.165, 1.54) is 0 Å². The molecule has 1 heterocycles. The molecule has 0 saturated carbocycles. The van der Waals surface area contributed by atoms with Crippen LogP contribution in [0.2, 0.25) is 0 Å². The van der Waals surface area contributed by atoms with Gasteiger partial charge < -0.3 is 4.98 Å². The van der Waals surface area contributed by atoms with Crippen LogP contribution in [0, 0.1) is 0 Å². The summed E-state index contributed by atoms with van der Waals surface area (Å²) >= 11 is 3.42. The molecular weight excluding hydrogens is 300 g/mol. The fourth-order valence-electron chi connectivity index (χ4n) is 1.70. The van der Waals surface area contributed by atoms with Crippen molar-refractivity contribution >= 4 is 39.4 Å². The number of hydrogen-bond acceptors (Lipinski definition) is 1. The van der Waals surface area contributed by atoms with E-state index >= 15 is 0 Å². The van der Waals surface area contributed by atoms with E-state index in [-0.39, 0.29) is 12.4 Å². The number of hydrogen-bond donors (Lipinski definition) is 1. The third kappa shape index (κ3) is 2.35. The van der Waals surface area contributed by atoms with Crippen LogP contribution < -0.4 is 0 Å². The van der Waals surface area contributed by atoms with Crippen LogP contribution in [0.1, 0.15) is 0 Å². The van der Waals surface area contributed by atoms with Gasteiger partial charge in [-0.1, -0.05) is 40.2 Å². The van der Waals surface area contributed by atoms with Gasteiger partial charge in [-0.2, -0.15) is 0 Å². The van der Waals surface area contributed by atoms with Gasteiger partial charge in [-0.15, -0.1) is 12.4 Å². The van der Waals surface area contributed by atoms with E-state index < -0.39 is 0 Å². The lowest BCUT2D eigenvalue weighted by Gasteiger charge is -1.95. The molecule has 3 aromatic rings. The first-order valence-corrected chi connectivity index (χ1v) is 5.83. The maximum absolute atomic E-state index is 4.54. The molecule has 0 amide bonds. The molecule has 2 aromatic carbocycles. The Balaban J connectivity index is 0.00000108. The Morgan fingerprint density at radius 2 is 1.65 bits per heavy atom. The van der Waals surface area contributed by atoms with Crippen molar-refractivity contribution in [3.05, 3.63) is 53.0 Å². The monoisotopic (exact) mass is 308 g/mol. The summed E-state index contributed by atoms with van der Waals surface area (Å²) in [5.74, 6) is 0.911. The van der Waals surface area contributed by atoms with Crippen molar-refractivity contribution in [1.29, 1.82) is 0 Å². The molecular formula is C13H10BrClN2. The van der Waals surface area contributed by atoms with Crippen LogP contribution >= 0.6 is 28.3 Å². The molecule has 0 atom stereocenters. The quantitative estimate of drug-likeness (QED) is 0.708. The van der Waals surface area contributed by atoms with Gasteiger partial charge in [0, 0.05) is 10.0 Å². The summed E-state index contributed by atoms with van der Waals surface area (Å²) < 4.78 is 1.08. The summed E-state index contributed by atoms with van der Waals surface area (Å²) in [5.41, 5.74) is 3.17. The Morgan fingerprint density at radius 3 is 2.35 bits per heavy atom. The molecule has 0 spiro atoms. The van der Waals surface area contributed by atoms with Gasteiger partial charge in [0.1, 0.15) is 5.82 Å². The van der Waals surface area contributed by atoms with Crippen molar-refractivity contribution in [3.8, 4) is 11.4 Å². The van der Waals surface area contributed by atoms with Gasteiger partial charge in [0.05, 0.1) is 11.0 Å². The molecule has 1 aromatic heterocycles. The van der Waals surface area contributed by atoms with Crippen molar-refractivity contribution in [1.82, 2.24) is 9.97 Å². The molecule has 0 fully saturated rings. The standard InChI is InChI=1S/C13H9BrN2.ClH/c14-10-7-5-9(6-8-10)13-15-11-3-1-2-4-12(11)16-13;/h1-8H,(H,15,16);1H. The molecule has 0 aliphatic heterocycles. The molecule has 17 heavy (non-hydrogen) atoms. The van der Waals surface area contributed by atoms with Crippen LogP contribution in [0.25, 0.3) is 22.4 Å². The number of imidazole rings is 1. The van der Waals surface area contributed by atoms with Crippen LogP contribution in [0.5, 0.6) is 0 Å². The topological polar surface area (TPSA) is 28.7 Å². The SMILES string of the molecule is Brc1ccc(-c2nc3ccccc3[nH]2)cc1.Cl. The highest BCUT2D eigenvalue weighted by Gasteiger charge is 2.03. The number of nitrogens with one attached hydrogen (secondary N) is 1. The van der Waals surface area contributed by atoms with Crippen molar-refractivity contribution in [3.63, 3.8) is 0 Å². The molecule has 1 N–H and O–H groups in total. The van der Waals surface area contributed by atoms with Gasteiger partial charge in [0.15, 0.2) is 0 Å². The third-order valence-corrected chi connectivity index (χ3v) is 3.04. The molecule has 0 bridgehead atoms. The molecule has 4 heteroatoms. The lowest BCUT2D eigenvalue weighted by molar-refractivity contribution is 1.33. The van der Waals surface area contributed by atoms with Crippen LogP contribution in [0.4, 0.5) is 0 Å². The Bertz CT molecular complexity index is 598. The van der Waals surface area contributed by atoms with Gasteiger partial charge in [0.2, 0.25) is 0 Å². The van der Waals surface area contributed by atoms with Gasteiger partial charge in [-0.3, -0.25) is 0 Å². The predicted octanol–water partition coefficient (Wildman–Crippen LogP) is 4.41. The van der Waals surface area contributed by atoms with Gasteiger partial charge >= 0.3 is 0 Å². The average molecular weight is 310 g/mol. The maximum atomic E-state index is 4.54. The fraction of sp³-hybridized carbons (Fsp3) is 0. The summed E-state index contributed by atoms with van der Waals surface area (Å²) in [7, 11) is 0. The van der Waals surface area contributed by atoms with E-state index in [0.29, 0.717) is 0 Å². The molecule has 0 aliphatic carbocycles. The highest BCUT2D eigenvalue weighted by Crippen LogP contribution is 2.21. The lowest BCUT2D eigenvalue weighted by Crippen LogP contribution is -1.78. The summed E-state index contributed by atoms with van der Waals surface area (Å²) in [5, 5.41) is 0. The number of H-pyrrole nitrogens is 1. The molecule has 0 saturated heterocycles. The summed E-state index contributed by atoms with van der Waals surface area (Å²) in [6.45, 7) is 0. The Hall–Kier alpha value is -1.32. The van der Waals surface area contributed by atoms with Crippen molar-refractivity contribution < 1.29 is 0 Å². The summed E-state index contributed by atoms with van der Waals surface area (Å²) in [6, 6.07) is 16.2. The molecule has 2 nitrogen and oxygen atoms in total. The van der Waals surface area contributed by atoms with Crippen LogP contribution in [-0.2, 0) is 0 Å². The van der Waals surface area contributed by atoms with E-state index in [1.807, 2.05) is 48.5 Å². The summed E-state index contributed by atoms with van der Waals surface area (Å²) in [6.07, 6.45) is 0. The van der Waals surface area contributed by atoms with Crippen molar-refractivity contribution in [2.75, 3.05) is 0 Å². The number of aromatic nitrogens is 2. The van der Waals surface area contributed by atoms with E-state index in [1.54, 1.807) is 0 Å². The molecule has 86 valence electrons. The minimum atomic E-state index is 0. The largest absolute Gasteiger partial charge is 0.338 e. The summed E-state index contributed by atoms with van der Waals surface area (Å²) in [4.78, 5) is 7.85. The maximum Gasteiger partial charge on any atom is 0.138 e. The number of para-hydroxylation sites is 2. The molecule has 0 radical (unpaired) electrons. The zero-order chi connectivity index (χ0) is 11.0. The van der Waals surface area contributed by atoms with Crippen molar-refractivity contribution in [2.24, 2.45) is 0 Å². The number of rotatable bonds is 1. The van der Waals surface area contributed by atoms with Crippen LogP contribution in [0.3, 0.4) is 0 Å². The second kappa shape index (κ2) is 4.90. The lowest BCUT2D eigenvalue weighted by atomic mass is 10.2. The van der Waals surface area contributed by atoms with E-state index in [0.717, 1.165) is 26.9 Å². The Labute approximate surface area is 114 Å².